The van der Waals surface area contributed by atoms with Crippen LogP contribution < -0.4 is 16.6 Å². The molecular formula is C8H15N5. The Kier molecular flexibility index (Phi) is 3.02. The van der Waals surface area contributed by atoms with E-state index < -0.39 is 0 Å². The van der Waals surface area contributed by atoms with Gasteiger partial charge in [0.2, 0.25) is 0 Å². The van der Waals surface area contributed by atoms with Crippen LogP contribution in [0.4, 0.5) is 11.6 Å². The molecule has 1 rings (SSSR count). The summed E-state index contributed by atoms with van der Waals surface area (Å²) in [5.41, 5.74) is 3.57. The van der Waals surface area contributed by atoms with Crippen LogP contribution in [0.25, 0.3) is 0 Å². The molecule has 13 heavy (non-hydrogen) atoms. The zero-order chi connectivity index (χ0) is 9.84. The number of rotatable bonds is 3. The zero-order valence-corrected chi connectivity index (χ0v) is 8.13. The second-order valence-electron chi connectivity index (χ2n) is 3.03. The van der Waals surface area contributed by atoms with E-state index in [2.05, 4.69) is 34.6 Å². The van der Waals surface area contributed by atoms with E-state index >= 15 is 0 Å². The second-order valence-corrected chi connectivity index (χ2v) is 3.03. The molecule has 0 fully saturated rings. The summed E-state index contributed by atoms with van der Waals surface area (Å²) >= 11 is 0. The van der Waals surface area contributed by atoms with Crippen molar-refractivity contribution in [2.45, 2.75) is 19.8 Å². The molecule has 5 nitrogen and oxygen atoms in total. The molecule has 0 radical (unpaired) electrons. The number of hydrogen-bond donors (Lipinski definition) is 3. The Hall–Kier alpha value is -1.36. The normalized spacial score (nSPS) is 10.2. The summed E-state index contributed by atoms with van der Waals surface area (Å²) in [5, 5.41) is 3.00. The average molecular weight is 181 g/mol. The third-order valence-electron chi connectivity index (χ3n) is 1.83. The average Bonchev–Trinajstić information content (AvgIpc) is 2.16. The molecule has 5 heteroatoms. The predicted molar refractivity (Wildman–Crippen MR) is 53.5 cm³/mol. The van der Waals surface area contributed by atoms with Gasteiger partial charge in [0.05, 0.1) is 0 Å². The van der Waals surface area contributed by atoms with E-state index in [-0.39, 0.29) is 0 Å². The summed E-state index contributed by atoms with van der Waals surface area (Å²) < 4.78 is 0. The molecule has 0 aromatic carbocycles. The lowest BCUT2D eigenvalue weighted by atomic mass is 10.1. The van der Waals surface area contributed by atoms with Crippen molar-refractivity contribution >= 4 is 11.6 Å². The van der Waals surface area contributed by atoms with Crippen LogP contribution in [-0.4, -0.2) is 17.0 Å². The topological polar surface area (TPSA) is 75.9 Å². The number of anilines is 2. The summed E-state index contributed by atoms with van der Waals surface area (Å²) in [6.07, 6.45) is 1.48. The number of nitrogens with zero attached hydrogens (tertiary/aromatic N) is 2. The summed E-state index contributed by atoms with van der Waals surface area (Å²) in [7, 11) is 1.83. The highest BCUT2D eigenvalue weighted by molar-refractivity contribution is 5.58. The smallest absolute Gasteiger partial charge is 0.148 e. The van der Waals surface area contributed by atoms with Gasteiger partial charge in [-0.05, 0) is 5.92 Å². The Morgan fingerprint density at radius 3 is 2.38 bits per heavy atom. The molecule has 4 N–H and O–H groups in total. The van der Waals surface area contributed by atoms with Crippen molar-refractivity contribution in [3.8, 4) is 0 Å². The number of hydrogen-bond acceptors (Lipinski definition) is 5. The summed E-state index contributed by atoms with van der Waals surface area (Å²) in [6, 6.07) is 0. The molecule has 0 spiro atoms. The van der Waals surface area contributed by atoms with E-state index in [1.54, 1.807) is 0 Å². The fourth-order valence-corrected chi connectivity index (χ4v) is 1.26. The Balaban J connectivity index is 3.21. The van der Waals surface area contributed by atoms with Crippen LogP contribution in [0, 0.1) is 0 Å². The molecule has 0 bridgehead atoms. The van der Waals surface area contributed by atoms with Crippen molar-refractivity contribution < 1.29 is 0 Å². The fourth-order valence-electron chi connectivity index (χ4n) is 1.26. The Morgan fingerprint density at radius 2 is 1.92 bits per heavy atom. The van der Waals surface area contributed by atoms with Gasteiger partial charge in [0.15, 0.2) is 0 Å². The van der Waals surface area contributed by atoms with Gasteiger partial charge in [-0.3, -0.25) is 0 Å². The highest BCUT2D eigenvalue weighted by Gasteiger charge is 2.12. The first-order valence-corrected chi connectivity index (χ1v) is 4.20. The van der Waals surface area contributed by atoms with Crippen LogP contribution in [0.2, 0.25) is 0 Å². The summed E-state index contributed by atoms with van der Waals surface area (Å²) in [4.78, 5) is 8.15. The van der Waals surface area contributed by atoms with E-state index in [4.69, 9.17) is 5.84 Å². The molecule has 1 heterocycles. The van der Waals surface area contributed by atoms with Gasteiger partial charge in [-0.15, -0.1) is 0 Å². The molecule has 1 aromatic heterocycles. The molecule has 0 aliphatic carbocycles. The third-order valence-corrected chi connectivity index (χ3v) is 1.83. The molecule has 72 valence electrons. The first-order chi connectivity index (χ1) is 6.20. The van der Waals surface area contributed by atoms with Crippen molar-refractivity contribution in [1.82, 2.24) is 9.97 Å². The van der Waals surface area contributed by atoms with Crippen molar-refractivity contribution in [3.05, 3.63) is 11.9 Å². The lowest BCUT2D eigenvalue weighted by Crippen LogP contribution is -2.14. The van der Waals surface area contributed by atoms with Crippen LogP contribution in [0.1, 0.15) is 25.3 Å². The standard InChI is InChI=1S/C8H15N5/c1-5(2)6-7(10-3)11-4-12-8(6)13-9/h4-5H,9H2,1-3H3,(H2,10,11,12,13). The van der Waals surface area contributed by atoms with Crippen LogP contribution in [0.15, 0.2) is 6.33 Å². The van der Waals surface area contributed by atoms with Crippen molar-refractivity contribution in [1.29, 1.82) is 0 Å². The summed E-state index contributed by atoms with van der Waals surface area (Å²) in [5.74, 6) is 7.17. The first kappa shape index (κ1) is 9.73. The quantitative estimate of drug-likeness (QED) is 0.477. The van der Waals surface area contributed by atoms with Gasteiger partial charge < -0.3 is 10.7 Å². The largest absolute Gasteiger partial charge is 0.373 e. The number of nitrogens with one attached hydrogen (secondary N) is 2. The van der Waals surface area contributed by atoms with E-state index in [1.807, 2.05) is 7.05 Å². The Labute approximate surface area is 77.7 Å². The highest BCUT2D eigenvalue weighted by atomic mass is 15.3. The van der Waals surface area contributed by atoms with Gasteiger partial charge in [0.1, 0.15) is 18.0 Å². The molecule has 0 saturated heterocycles. The fraction of sp³-hybridized carbons (Fsp3) is 0.500. The maximum atomic E-state index is 5.34. The van der Waals surface area contributed by atoms with Crippen LogP contribution in [0.3, 0.4) is 0 Å². The monoisotopic (exact) mass is 181 g/mol. The zero-order valence-electron chi connectivity index (χ0n) is 8.13. The summed E-state index contributed by atoms with van der Waals surface area (Å²) in [6.45, 7) is 4.14. The van der Waals surface area contributed by atoms with Gasteiger partial charge in [-0.1, -0.05) is 13.8 Å². The Bertz CT molecular complexity index is 262. The molecule has 0 aliphatic heterocycles. The minimum Gasteiger partial charge on any atom is -0.373 e. The van der Waals surface area contributed by atoms with E-state index in [9.17, 15) is 0 Å². The molecule has 0 saturated carbocycles. The number of nitrogens with two attached hydrogens (primary N) is 1. The highest BCUT2D eigenvalue weighted by Crippen LogP contribution is 2.26. The SMILES string of the molecule is CNc1ncnc(NN)c1C(C)C. The Morgan fingerprint density at radius 1 is 1.31 bits per heavy atom. The van der Waals surface area contributed by atoms with Gasteiger partial charge in [-0.25, -0.2) is 15.8 Å². The first-order valence-electron chi connectivity index (χ1n) is 4.20. The maximum Gasteiger partial charge on any atom is 0.148 e. The van der Waals surface area contributed by atoms with Crippen LogP contribution in [0.5, 0.6) is 0 Å². The van der Waals surface area contributed by atoms with Crippen molar-refractivity contribution in [2.24, 2.45) is 5.84 Å². The van der Waals surface area contributed by atoms with Crippen LogP contribution >= 0.6 is 0 Å². The molecule has 1 aromatic rings. The lowest BCUT2D eigenvalue weighted by Gasteiger charge is -2.14. The van der Waals surface area contributed by atoms with Gasteiger partial charge in [0, 0.05) is 12.6 Å². The van der Waals surface area contributed by atoms with Gasteiger partial charge >= 0.3 is 0 Å². The number of hydrazine groups is 1. The molecule has 0 unspecified atom stereocenters. The minimum absolute atomic E-state index is 0.328. The van der Waals surface area contributed by atoms with Crippen LogP contribution in [-0.2, 0) is 0 Å². The van der Waals surface area contributed by atoms with E-state index in [1.165, 1.54) is 6.33 Å². The van der Waals surface area contributed by atoms with Crippen molar-refractivity contribution in [2.75, 3.05) is 17.8 Å². The predicted octanol–water partition coefficient (Wildman–Crippen LogP) is 0.927. The molecule has 0 atom stereocenters. The minimum atomic E-state index is 0.328. The maximum absolute atomic E-state index is 5.34. The van der Waals surface area contributed by atoms with Gasteiger partial charge in [-0.2, -0.15) is 0 Å². The van der Waals surface area contributed by atoms with E-state index in [0.717, 1.165) is 11.4 Å². The van der Waals surface area contributed by atoms with Crippen molar-refractivity contribution in [3.63, 3.8) is 0 Å². The molecule has 0 amide bonds. The number of nitrogen functional groups attached to an aromatic ring is 1. The van der Waals surface area contributed by atoms with E-state index in [0.29, 0.717) is 11.7 Å². The number of aromatic nitrogens is 2. The lowest BCUT2D eigenvalue weighted by molar-refractivity contribution is 0.849. The second kappa shape index (κ2) is 4.04. The molecular weight excluding hydrogens is 166 g/mol. The third kappa shape index (κ3) is 1.86. The van der Waals surface area contributed by atoms with Gasteiger partial charge in [0.25, 0.3) is 0 Å². The molecule has 0 aliphatic rings.